The molecule has 0 amide bonds. The van der Waals surface area contributed by atoms with Crippen molar-refractivity contribution in [1.82, 2.24) is 10.6 Å². The van der Waals surface area contributed by atoms with Gasteiger partial charge in [-0.25, -0.2) is 0 Å². The predicted octanol–water partition coefficient (Wildman–Crippen LogP) is 0.172. The summed E-state index contributed by atoms with van der Waals surface area (Å²) in [7, 11) is 1.73. The van der Waals surface area contributed by atoms with Gasteiger partial charge in [-0.1, -0.05) is 0 Å². The molecule has 0 atom stereocenters. The van der Waals surface area contributed by atoms with E-state index >= 15 is 0 Å². The lowest BCUT2D eigenvalue weighted by molar-refractivity contribution is 0.289. The number of aliphatic hydroxyl groups excluding tert-OH is 1. The van der Waals surface area contributed by atoms with Crippen LogP contribution in [0.25, 0.3) is 0 Å². The molecular formula is C7H18IN3O. The van der Waals surface area contributed by atoms with Crippen LogP contribution in [-0.4, -0.2) is 37.8 Å². The predicted molar refractivity (Wildman–Crippen MR) is 62.2 cm³/mol. The minimum atomic E-state index is 0. The van der Waals surface area contributed by atoms with Crippen molar-refractivity contribution in [3.05, 3.63) is 0 Å². The number of nitrogens with one attached hydrogen (secondary N) is 2. The molecule has 74 valence electrons. The molecule has 0 aliphatic heterocycles. The smallest absolute Gasteiger partial charge is 0.190 e. The Balaban J connectivity index is 0. The van der Waals surface area contributed by atoms with Crippen LogP contribution in [0.2, 0.25) is 0 Å². The van der Waals surface area contributed by atoms with E-state index in [2.05, 4.69) is 15.6 Å². The molecule has 0 aromatic heterocycles. The zero-order chi connectivity index (χ0) is 8.53. The lowest BCUT2D eigenvalue weighted by Crippen LogP contribution is -2.37. The van der Waals surface area contributed by atoms with Gasteiger partial charge in [0, 0.05) is 26.7 Å². The minimum absolute atomic E-state index is 0. The molecule has 4 nitrogen and oxygen atoms in total. The van der Waals surface area contributed by atoms with Crippen LogP contribution in [0.4, 0.5) is 0 Å². The monoisotopic (exact) mass is 287 g/mol. The van der Waals surface area contributed by atoms with E-state index in [1.165, 1.54) is 0 Å². The third-order valence-electron chi connectivity index (χ3n) is 1.20. The highest BCUT2D eigenvalue weighted by molar-refractivity contribution is 14.0. The van der Waals surface area contributed by atoms with Crippen LogP contribution >= 0.6 is 24.0 Å². The Kier molecular flexibility index (Phi) is 13.2. The maximum Gasteiger partial charge on any atom is 0.190 e. The van der Waals surface area contributed by atoms with Gasteiger partial charge in [0.15, 0.2) is 5.96 Å². The van der Waals surface area contributed by atoms with E-state index in [4.69, 9.17) is 5.11 Å². The number of nitrogens with zero attached hydrogens (tertiary/aromatic N) is 1. The van der Waals surface area contributed by atoms with E-state index in [0.29, 0.717) is 0 Å². The molecule has 0 unspecified atom stereocenters. The summed E-state index contributed by atoms with van der Waals surface area (Å²) in [4.78, 5) is 3.96. The van der Waals surface area contributed by atoms with Gasteiger partial charge in [0.2, 0.25) is 0 Å². The van der Waals surface area contributed by atoms with E-state index in [-0.39, 0.29) is 30.6 Å². The van der Waals surface area contributed by atoms with Gasteiger partial charge in [-0.2, -0.15) is 0 Å². The van der Waals surface area contributed by atoms with Gasteiger partial charge in [-0.05, 0) is 13.3 Å². The van der Waals surface area contributed by atoms with Crippen molar-refractivity contribution in [2.75, 3.05) is 26.7 Å². The van der Waals surface area contributed by atoms with Crippen molar-refractivity contribution >= 4 is 29.9 Å². The minimum Gasteiger partial charge on any atom is -0.396 e. The van der Waals surface area contributed by atoms with Gasteiger partial charge in [0.25, 0.3) is 0 Å². The molecule has 0 spiro atoms. The van der Waals surface area contributed by atoms with E-state index in [0.717, 1.165) is 25.5 Å². The molecule has 0 fully saturated rings. The Labute approximate surface area is 90.9 Å². The number of hydrogen-bond acceptors (Lipinski definition) is 2. The molecule has 0 aromatic rings. The Morgan fingerprint density at radius 2 is 2.08 bits per heavy atom. The molecule has 3 N–H and O–H groups in total. The quantitative estimate of drug-likeness (QED) is 0.299. The van der Waals surface area contributed by atoms with Crippen molar-refractivity contribution in [3.63, 3.8) is 0 Å². The first-order valence-electron chi connectivity index (χ1n) is 3.90. The van der Waals surface area contributed by atoms with Crippen molar-refractivity contribution in [2.24, 2.45) is 4.99 Å². The summed E-state index contributed by atoms with van der Waals surface area (Å²) in [6, 6.07) is 0. The number of aliphatic hydroxyl groups is 1. The average Bonchev–Trinajstić information content (AvgIpc) is 2.03. The van der Waals surface area contributed by atoms with E-state index in [1.807, 2.05) is 6.92 Å². The summed E-state index contributed by atoms with van der Waals surface area (Å²) in [6.07, 6.45) is 0.754. The molecule has 0 radical (unpaired) electrons. The highest BCUT2D eigenvalue weighted by Gasteiger charge is 1.91. The Hall–Kier alpha value is -0.0400. The van der Waals surface area contributed by atoms with E-state index in [1.54, 1.807) is 7.05 Å². The molecule has 5 heteroatoms. The van der Waals surface area contributed by atoms with Crippen molar-refractivity contribution in [3.8, 4) is 0 Å². The van der Waals surface area contributed by atoms with Crippen LogP contribution < -0.4 is 10.6 Å². The lowest BCUT2D eigenvalue weighted by atomic mass is 10.4. The fourth-order valence-corrected chi connectivity index (χ4v) is 0.674. The second-order valence-electron chi connectivity index (χ2n) is 2.11. The lowest BCUT2D eigenvalue weighted by Gasteiger charge is -2.08. The van der Waals surface area contributed by atoms with Crippen molar-refractivity contribution in [2.45, 2.75) is 13.3 Å². The number of hydrogen-bond donors (Lipinski definition) is 3. The summed E-state index contributed by atoms with van der Waals surface area (Å²) in [5, 5.41) is 14.6. The van der Waals surface area contributed by atoms with Crippen molar-refractivity contribution in [1.29, 1.82) is 0 Å². The average molecular weight is 287 g/mol. The molecule has 0 saturated heterocycles. The first kappa shape index (κ1) is 14.5. The van der Waals surface area contributed by atoms with Gasteiger partial charge in [0.05, 0.1) is 0 Å². The Morgan fingerprint density at radius 1 is 1.42 bits per heavy atom. The third kappa shape index (κ3) is 8.06. The molecule has 0 bridgehead atoms. The van der Waals surface area contributed by atoms with Crippen LogP contribution in [0.15, 0.2) is 4.99 Å². The fourth-order valence-electron chi connectivity index (χ4n) is 0.674. The van der Waals surface area contributed by atoms with Crippen LogP contribution in [0.5, 0.6) is 0 Å². The molecule has 0 aliphatic rings. The summed E-state index contributed by atoms with van der Waals surface area (Å²) in [5.41, 5.74) is 0. The number of aliphatic imine (C=N–C) groups is 1. The zero-order valence-corrected chi connectivity index (χ0v) is 9.96. The fraction of sp³-hybridized carbons (Fsp3) is 0.857. The molecule has 0 rings (SSSR count). The second-order valence-corrected chi connectivity index (χ2v) is 2.11. The van der Waals surface area contributed by atoms with E-state index in [9.17, 15) is 0 Å². The van der Waals surface area contributed by atoms with Crippen LogP contribution in [0.3, 0.4) is 0 Å². The number of guanidine groups is 1. The number of rotatable bonds is 4. The zero-order valence-electron chi connectivity index (χ0n) is 7.63. The highest BCUT2D eigenvalue weighted by atomic mass is 127. The summed E-state index contributed by atoms with van der Waals surface area (Å²) < 4.78 is 0. The van der Waals surface area contributed by atoms with Crippen LogP contribution in [0.1, 0.15) is 13.3 Å². The SMILES string of the molecule is CCNC(=NC)NCCCO.I. The van der Waals surface area contributed by atoms with Gasteiger partial charge in [-0.15, -0.1) is 24.0 Å². The van der Waals surface area contributed by atoms with Crippen LogP contribution in [-0.2, 0) is 0 Å². The topological polar surface area (TPSA) is 56.7 Å². The first-order valence-corrected chi connectivity index (χ1v) is 3.90. The number of halogens is 1. The van der Waals surface area contributed by atoms with Gasteiger partial charge in [-0.3, -0.25) is 4.99 Å². The first-order chi connectivity index (χ1) is 5.35. The van der Waals surface area contributed by atoms with Gasteiger partial charge in [0.1, 0.15) is 0 Å². The largest absolute Gasteiger partial charge is 0.396 e. The van der Waals surface area contributed by atoms with E-state index < -0.39 is 0 Å². The maximum atomic E-state index is 8.48. The molecule has 0 aromatic carbocycles. The molecular weight excluding hydrogens is 269 g/mol. The van der Waals surface area contributed by atoms with Gasteiger partial charge >= 0.3 is 0 Å². The highest BCUT2D eigenvalue weighted by Crippen LogP contribution is 1.72. The summed E-state index contributed by atoms with van der Waals surface area (Å²) in [5.74, 6) is 0.793. The maximum absolute atomic E-state index is 8.48. The Bertz CT molecular complexity index is 119. The van der Waals surface area contributed by atoms with Gasteiger partial charge < -0.3 is 15.7 Å². The third-order valence-corrected chi connectivity index (χ3v) is 1.20. The summed E-state index contributed by atoms with van der Waals surface area (Å²) >= 11 is 0. The second kappa shape index (κ2) is 11.0. The normalized spacial score (nSPS) is 10.4. The van der Waals surface area contributed by atoms with Crippen molar-refractivity contribution < 1.29 is 5.11 Å². The Morgan fingerprint density at radius 3 is 2.50 bits per heavy atom. The molecule has 12 heavy (non-hydrogen) atoms. The molecule has 0 saturated carbocycles. The van der Waals surface area contributed by atoms with Crippen LogP contribution in [0, 0.1) is 0 Å². The molecule has 0 heterocycles. The standard InChI is InChI=1S/C7H17N3O.HI/c1-3-9-7(8-2)10-5-4-6-11;/h11H,3-6H2,1-2H3,(H2,8,9,10);1H. The molecule has 0 aliphatic carbocycles. The summed E-state index contributed by atoms with van der Waals surface area (Å²) in [6.45, 7) is 3.85.